The maximum absolute atomic E-state index is 12.0. The fraction of sp³-hybridized carbons (Fsp3) is 0.562. The third kappa shape index (κ3) is 7.99. The summed E-state index contributed by atoms with van der Waals surface area (Å²) < 4.78 is 26.6. The van der Waals surface area contributed by atoms with Crippen LogP contribution in [0, 0.1) is 0 Å². The molecule has 0 heterocycles. The van der Waals surface area contributed by atoms with E-state index in [1.807, 2.05) is 42.3 Å². The Morgan fingerprint density at radius 2 is 1.96 bits per heavy atom. The lowest BCUT2D eigenvalue weighted by Gasteiger charge is -2.21. The normalized spacial score (nSPS) is 12.2. The van der Waals surface area contributed by atoms with Crippen molar-refractivity contribution in [3.05, 3.63) is 35.9 Å². The van der Waals surface area contributed by atoms with Crippen molar-refractivity contribution in [1.82, 2.24) is 14.9 Å². The Morgan fingerprint density at radius 3 is 2.57 bits per heavy atom. The summed E-state index contributed by atoms with van der Waals surface area (Å²) in [5.74, 6) is 0.734. The summed E-state index contributed by atoms with van der Waals surface area (Å²) in [6.45, 7) is 3.67. The number of aliphatic imine (C=N–C) groups is 1. The SMILES string of the molecule is CCCCN(C)C(=NC)NCCS(=O)(=O)NCc1ccccc1. The van der Waals surface area contributed by atoms with Gasteiger partial charge in [-0.25, -0.2) is 13.1 Å². The van der Waals surface area contributed by atoms with Crippen molar-refractivity contribution in [1.29, 1.82) is 0 Å². The number of nitrogens with one attached hydrogen (secondary N) is 2. The summed E-state index contributed by atoms with van der Waals surface area (Å²) in [4.78, 5) is 6.18. The van der Waals surface area contributed by atoms with Gasteiger partial charge >= 0.3 is 0 Å². The number of rotatable bonds is 9. The van der Waals surface area contributed by atoms with E-state index in [0.29, 0.717) is 13.1 Å². The third-order valence-electron chi connectivity index (χ3n) is 3.41. The van der Waals surface area contributed by atoms with Gasteiger partial charge in [-0.1, -0.05) is 43.7 Å². The molecule has 1 aromatic rings. The molecule has 0 aliphatic heterocycles. The van der Waals surface area contributed by atoms with E-state index >= 15 is 0 Å². The zero-order chi connectivity index (χ0) is 17.1. The highest BCUT2D eigenvalue weighted by Gasteiger charge is 2.11. The van der Waals surface area contributed by atoms with E-state index in [1.54, 1.807) is 7.05 Å². The number of hydrogen-bond donors (Lipinski definition) is 2. The van der Waals surface area contributed by atoms with Gasteiger partial charge in [-0.05, 0) is 12.0 Å². The van der Waals surface area contributed by atoms with Crippen LogP contribution in [0.1, 0.15) is 25.3 Å². The molecule has 0 aliphatic rings. The first-order valence-corrected chi connectivity index (χ1v) is 9.56. The van der Waals surface area contributed by atoms with Gasteiger partial charge < -0.3 is 10.2 Å². The van der Waals surface area contributed by atoms with Gasteiger partial charge in [-0.3, -0.25) is 4.99 Å². The Balaban J connectivity index is 2.37. The van der Waals surface area contributed by atoms with Crippen LogP contribution in [0.4, 0.5) is 0 Å². The Bertz CT molecular complexity index is 573. The molecule has 130 valence electrons. The van der Waals surface area contributed by atoms with Gasteiger partial charge in [-0.2, -0.15) is 0 Å². The fourth-order valence-corrected chi connectivity index (χ4v) is 2.95. The summed E-state index contributed by atoms with van der Waals surface area (Å²) in [7, 11) is 0.341. The molecule has 0 unspecified atom stereocenters. The molecule has 0 bridgehead atoms. The van der Waals surface area contributed by atoms with E-state index in [-0.39, 0.29) is 5.75 Å². The summed E-state index contributed by atoms with van der Waals surface area (Å²) in [5.41, 5.74) is 0.944. The molecule has 23 heavy (non-hydrogen) atoms. The first kappa shape index (κ1) is 19.4. The van der Waals surface area contributed by atoms with Crippen molar-refractivity contribution in [3.63, 3.8) is 0 Å². The molecular weight excluding hydrogens is 312 g/mol. The quantitative estimate of drug-likeness (QED) is 0.527. The number of unbranched alkanes of at least 4 members (excludes halogenated alkanes) is 1. The highest BCUT2D eigenvalue weighted by Crippen LogP contribution is 1.99. The Kier molecular flexibility index (Phi) is 8.65. The van der Waals surface area contributed by atoms with Crippen LogP contribution >= 0.6 is 0 Å². The van der Waals surface area contributed by atoms with E-state index in [0.717, 1.165) is 30.9 Å². The van der Waals surface area contributed by atoms with E-state index in [4.69, 9.17) is 0 Å². The molecule has 1 aromatic carbocycles. The maximum Gasteiger partial charge on any atom is 0.213 e. The van der Waals surface area contributed by atoms with Crippen molar-refractivity contribution in [3.8, 4) is 0 Å². The molecule has 0 saturated carbocycles. The second-order valence-corrected chi connectivity index (χ2v) is 7.30. The Labute approximate surface area is 140 Å². The smallest absolute Gasteiger partial charge is 0.213 e. The first-order chi connectivity index (χ1) is 11.0. The lowest BCUT2D eigenvalue weighted by Crippen LogP contribution is -2.42. The minimum absolute atomic E-state index is 0.0144. The van der Waals surface area contributed by atoms with Crippen LogP contribution in [-0.4, -0.2) is 52.2 Å². The molecule has 1 rings (SSSR count). The topological polar surface area (TPSA) is 73.8 Å². The number of sulfonamides is 1. The minimum atomic E-state index is -3.31. The van der Waals surface area contributed by atoms with Gasteiger partial charge in [-0.15, -0.1) is 0 Å². The van der Waals surface area contributed by atoms with Crippen molar-refractivity contribution in [2.45, 2.75) is 26.3 Å². The van der Waals surface area contributed by atoms with Crippen molar-refractivity contribution in [2.75, 3.05) is 32.9 Å². The second kappa shape index (κ2) is 10.2. The molecule has 0 aromatic heterocycles. The van der Waals surface area contributed by atoms with E-state index < -0.39 is 10.0 Å². The molecule has 7 heteroatoms. The van der Waals surface area contributed by atoms with Crippen LogP contribution in [0.25, 0.3) is 0 Å². The average molecular weight is 340 g/mol. The van der Waals surface area contributed by atoms with Crippen LogP contribution in [0.15, 0.2) is 35.3 Å². The predicted octanol–water partition coefficient (Wildman–Crippen LogP) is 1.41. The fourth-order valence-electron chi connectivity index (χ4n) is 2.04. The highest BCUT2D eigenvalue weighted by atomic mass is 32.2. The zero-order valence-electron chi connectivity index (χ0n) is 14.2. The lowest BCUT2D eigenvalue weighted by atomic mass is 10.2. The van der Waals surface area contributed by atoms with Crippen LogP contribution < -0.4 is 10.0 Å². The monoisotopic (exact) mass is 340 g/mol. The van der Waals surface area contributed by atoms with Gasteiger partial charge in [0.2, 0.25) is 10.0 Å². The van der Waals surface area contributed by atoms with Crippen LogP contribution in [0.3, 0.4) is 0 Å². The first-order valence-electron chi connectivity index (χ1n) is 7.91. The summed E-state index contributed by atoms with van der Waals surface area (Å²) in [5, 5.41) is 3.09. The number of hydrogen-bond acceptors (Lipinski definition) is 3. The lowest BCUT2D eigenvalue weighted by molar-refractivity contribution is 0.466. The van der Waals surface area contributed by atoms with Gasteiger partial charge in [0.25, 0.3) is 0 Å². The Hall–Kier alpha value is -1.60. The van der Waals surface area contributed by atoms with Crippen LogP contribution in [0.2, 0.25) is 0 Å². The summed E-state index contributed by atoms with van der Waals surface area (Å²) in [6.07, 6.45) is 2.19. The standard InChI is InChI=1S/C16H28N4O2S/c1-4-5-12-20(3)16(17-2)18-11-13-23(21,22)19-14-15-9-7-6-8-10-15/h6-10,19H,4-5,11-14H2,1-3H3,(H,17,18). The molecule has 6 nitrogen and oxygen atoms in total. The van der Waals surface area contributed by atoms with Gasteiger partial charge in [0, 0.05) is 33.7 Å². The van der Waals surface area contributed by atoms with E-state index in [9.17, 15) is 8.42 Å². The molecule has 0 radical (unpaired) electrons. The number of benzene rings is 1. The molecule has 0 spiro atoms. The summed E-state index contributed by atoms with van der Waals surface area (Å²) >= 11 is 0. The molecule has 0 aliphatic carbocycles. The van der Waals surface area contributed by atoms with E-state index in [1.165, 1.54) is 0 Å². The molecule has 0 amide bonds. The van der Waals surface area contributed by atoms with Crippen molar-refractivity contribution >= 4 is 16.0 Å². The largest absolute Gasteiger partial charge is 0.355 e. The minimum Gasteiger partial charge on any atom is -0.355 e. The van der Waals surface area contributed by atoms with Gasteiger partial charge in [0.15, 0.2) is 5.96 Å². The average Bonchev–Trinajstić information content (AvgIpc) is 2.56. The number of nitrogens with zero attached hydrogens (tertiary/aromatic N) is 2. The molecule has 0 atom stereocenters. The van der Waals surface area contributed by atoms with Gasteiger partial charge in [0.05, 0.1) is 5.75 Å². The van der Waals surface area contributed by atoms with Crippen molar-refractivity contribution < 1.29 is 8.42 Å². The molecule has 0 saturated heterocycles. The van der Waals surface area contributed by atoms with Crippen LogP contribution in [0.5, 0.6) is 0 Å². The van der Waals surface area contributed by atoms with Gasteiger partial charge in [0.1, 0.15) is 0 Å². The maximum atomic E-state index is 12.0. The molecular formula is C16H28N4O2S. The Morgan fingerprint density at radius 1 is 1.26 bits per heavy atom. The second-order valence-electron chi connectivity index (χ2n) is 5.37. The van der Waals surface area contributed by atoms with Crippen molar-refractivity contribution in [2.24, 2.45) is 4.99 Å². The molecule has 2 N–H and O–H groups in total. The summed E-state index contributed by atoms with van der Waals surface area (Å²) in [6, 6.07) is 9.47. The van der Waals surface area contributed by atoms with Crippen LogP contribution in [-0.2, 0) is 16.6 Å². The van der Waals surface area contributed by atoms with E-state index in [2.05, 4.69) is 22.0 Å². The highest BCUT2D eigenvalue weighted by molar-refractivity contribution is 7.89. The predicted molar refractivity (Wildman–Crippen MR) is 96.0 cm³/mol. The molecule has 0 fully saturated rings. The third-order valence-corrected chi connectivity index (χ3v) is 4.74. The zero-order valence-corrected chi connectivity index (χ0v) is 15.1. The number of guanidine groups is 1.